The van der Waals surface area contributed by atoms with Crippen LogP contribution in [0, 0.1) is 0 Å². The lowest BCUT2D eigenvalue weighted by Gasteiger charge is -2.25. The third kappa shape index (κ3) is 3.29. The van der Waals surface area contributed by atoms with Gasteiger partial charge < -0.3 is 9.64 Å². The van der Waals surface area contributed by atoms with Gasteiger partial charge in [-0.25, -0.2) is 13.2 Å². The predicted molar refractivity (Wildman–Crippen MR) is 72.7 cm³/mol. The molecule has 0 radical (unpaired) electrons. The molecule has 0 saturated carbocycles. The average Bonchev–Trinajstić information content (AvgIpc) is 2.68. The molecule has 0 N–H and O–H groups in total. The summed E-state index contributed by atoms with van der Waals surface area (Å²) in [7, 11) is -2.99. The molecule has 1 heterocycles. The Morgan fingerprint density at radius 1 is 1.21 bits per heavy atom. The van der Waals surface area contributed by atoms with Crippen LogP contribution >= 0.6 is 0 Å². The van der Waals surface area contributed by atoms with Crippen LogP contribution < -0.4 is 0 Å². The second kappa shape index (κ2) is 4.51. The third-order valence-corrected chi connectivity index (χ3v) is 5.01. The zero-order chi connectivity index (χ0) is 14.4. The van der Waals surface area contributed by atoms with Crippen molar-refractivity contribution < 1.29 is 17.9 Å². The highest BCUT2D eigenvalue weighted by Crippen LogP contribution is 2.36. The van der Waals surface area contributed by atoms with Crippen molar-refractivity contribution in [3.8, 4) is 0 Å². The zero-order valence-electron chi connectivity index (χ0n) is 11.9. The van der Waals surface area contributed by atoms with Gasteiger partial charge in [-0.3, -0.25) is 0 Å². The minimum Gasteiger partial charge on any atom is -0.444 e. The highest BCUT2D eigenvalue weighted by Gasteiger charge is 2.38. The number of amides is 1. The van der Waals surface area contributed by atoms with Gasteiger partial charge in [-0.15, -0.1) is 0 Å². The van der Waals surface area contributed by atoms with Crippen molar-refractivity contribution in [3.63, 3.8) is 0 Å². The van der Waals surface area contributed by atoms with Crippen LogP contribution in [0.5, 0.6) is 0 Å². The summed E-state index contributed by atoms with van der Waals surface area (Å²) >= 11 is 0. The van der Waals surface area contributed by atoms with E-state index in [1.54, 1.807) is 4.90 Å². The molecule has 0 saturated heterocycles. The molecule has 0 aromatic rings. The molecule has 0 spiro atoms. The first kappa shape index (κ1) is 14.4. The molecule has 0 aromatic carbocycles. The van der Waals surface area contributed by atoms with Crippen molar-refractivity contribution in [2.75, 3.05) is 19.3 Å². The molecule has 2 aliphatic rings. The van der Waals surface area contributed by atoms with Gasteiger partial charge in [-0.2, -0.15) is 0 Å². The number of ether oxygens (including phenoxy) is 1. The Morgan fingerprint density at radius 2 is 1.68 bits per heavy atom. The minimum atomic E-state index is -2.99. The van der Waals surface area contributed by atoms with Gasteiger partial charge in [0.05, 0.1) is 5.25 Å². The number of rotatable bonds is 1. The quantitative estimate of drug-likeness (QED) is 0.689. The van der Waals surface area contributed by atoms with Gasteiger partial charge in [0.2, 0.25) is 0 Å². The fourth-order valence-corrected chi connectivity index (χ4v) is 3.55. The number of hydrogen-bond acceptors (Lipinski definition) is 4. The first-order chi connectivity index (χ1) is 8.56. The van der Waals surface area contributed by atoms with Gasteiger partial charge >= 0.3 is 6.09 Å². The van der Waals surface area contributed by atoms with Crippen LogP contribution in [-0.2, 0) is 14.6 Å². The summed E-state index contributed by atoms with van der Waals surface area (Å²) in [5.41, 5.74) is 1.70. The van der Waals surface area contributed by atoms with E-state index in [0.29, 0.717) is 25.9 Å². The highest BCUT2D eigenvalue weighted by atomic mass is 32.2. The van der Waals surface area contributed by atoms with Gasteiger partial charge in [0.25, 0.3) is 0 Å². The molecule has 108 valence electrons. The molecule has 19 heavy (non-hydrogen) atoms. The van der Waals surface area contributed by atoms with Crippen molar-refractivity contribution in [2.24, 2.45) is 0 Å². The normalized spacial score (nSPS) is 20.9. The fourth-order valence-electron chi connectivity index (χ4n) is 2.54. The van der Waals surface area contributed by atoms with E-state index in [-0.39, 0.29) is 11.3 Å². The first-order valence-electron chi connectivity index (χ1n) is 6.43. The standard InChI is InChI=1S/C13H21NO4S/c1-13(2,3)18-12(15)14-7-9-5-11(19(4,16)17)6-10(9)8-14/h11H,5-8H2,1-4H3. The van der Waals surface area contributed by atoms with Crippen LogP contribution in [0.2, 0.25) is 0 Å². The van der Waals surface area contributed by atoms with E-state index in [9.17, 15) is 13.2 Å². The molecule has 0 unspecified atom stereocenters. The Hall–Kier alpha value is -1.04. The molecule has 5 nitrogen and oxygen atoms in total. The number of carbonyl (C=O) groups is 1. The Labute approximate surface area is 114 Å². The van der Waals surface area contributed by atoms with Crippen LogP contribution in [-0.4, -0.2) is 49.6 Å². The summed E-state index contributed by atoms with van der Waals surface area (Å²) in [6.45, 7) is 6.53. The average molecular weight is 287 g/mol. The zero-order valence-corrected chi connectivity index (χ0v) is 12.7. The number of sulfone groups is 1. The first-order valence-corrected chi connectivity index (χ1v) is 8.38. The van der Waals surface area contributed by atoms with E-state index >= 15 is 0 Å². The van der Waals surface area contributed by atoms with Crippen molar-refractivity contribution in [3.05, 3.63) is 11.1 Å². The second-order valence-electron chi connectivity index (χ2n) is 6.40. The molecule has 0 bridgehead atoms. The summed E-state index contributed by atoms with van der Waals surface area (Å²) < 4.78 is 28.4. The minimum absolute atomic E-state index is 0.293. The monoisotopic (exact) mass is 287 g/mol. The van der Waals surface area contributed by atoms with Crippen LogP contribution in [0.25, 0.3) is 0 Å². The molecule has 0 fully saturated rings. The molecule has 2 rings (SSSR count). The molecule has 1 aliphatic carbocycles. The summed E-state index contributed by atoms with van der Waals surface area (Å²) in [5, 5.41) is -0.293. The maximum Gasteiger partial charge on any atom is 0.410 e. The largest absolute Gasteiger partial charge is 0.444 e. The number of likely N-dealkylation sites (tertiary alicyclic amines) is 1. The fraction of sp³-hybridized carbons (Fsp3) is 0.769. The van der Waals surface area contributed by atoms with E-state index < -0.39 is 15.4 Å². The molecule has 1 aliphatic heterocycles. The number of hydrogen-bond donors (Lipinski definition) is 0. The Morgan fingerprint density at radius 3 is 2.05 bits per heavy atom. The Balaban J connectivity index is 1.94. The van der Waals surface area contributed by atoms with Crippen LogP contribution in [0.15, 0.2) is 11.1 Å². The molecular formula is C13H21NO4S. The summed E-state index contributed by atoms with van der Waals surface area (Å²) in [5.74, 6) is 0. The maximum absolute atomic E-state index is 11.9. The summed E-state index contributed by atoms with van der Waals surface area (Å²) in [6, 6.07) is 0. The predicted octanol–water partition coefficient (Wildman–Crippen LogP) is 1.74. The molecule has 1 amide bonds. The van der Waals surface area contributed by atoms with Crippen LogP contribution in [0.1, 0.15) is 33.6 Å². The van der Waals surface area contributed by atoms with Gasteiger partial charge in [0, 0.05) is 19.3 Å². The smallest absolute Gasteiger partial charge is 0.410 e. The van der Waals surface area contributed by atoms with Gasteiger partial charge in [-0.1, -0.05) is 0 Å². The SMILES string of the molecule is CC(C)(C)OC(=O)N1CC2=C(CC(S(C)(=O)=O)C2)C1. The molecular weight excluding hydrogens is 266 g/mol. The van der Waals surface area contributed by atoms with E-state index in [1.807, 2.05) is 20.8 Å². The van der Waals surface area contributed by atoms with Gasteiger partial charge in [0.1, 0.15) is 5.60 Å². The lowest BCUT2D eigenvalue weighted by atomic mass is 10.2. The van der Waals surface area contributed by atoms with Gasteiger partial charge in [-0.05, 0) is 44.8 Å². The third-order valence-electron chi connectivity index (χ3n) is 3.47. The van der Waals surface area contributed by atoms with Gasteiger partial charge in [0.15, 0.2) is 9.84 Å². The Kier molecular flexibility index (Phi) is 3.41. The van der Waals surface area contributed by atoms with Crippen molar-refractivity contribution >= 4 is 15.9 Å². The topological polar surface area (TPSA) is 63.7 Å². The van der Waals surface area contributed by atoms with Crippen molar-refractivity contribution in [1.82, 2.24) is 4.90 Å². The highest BCUT2D eigenvalue weighted by molar-refractivity contribution is 7.91. The molecule has 6 heteroatoms. The van der Waals surface area contributed by atoms with Crippen LogP contribution in [0.4, 0.5) is 4.79 Å². The number of carbonyl (C=O) groups excluding carboxylic acids is 1. The molecule has 0 atom stereocenters. The van der Waals surface area contributed by atoms with E-state index in [2.05, 4.69) is 0 Å². The van der Waals surface area contributed by atoms with Crippen LogP contribution in [0.3, 0.4) is 0 Å². The lowest BCUT2D eigenvalue weighted by Crippen LogP contribution is -2.36. The van der Waals surface area contributed by atoms with Crippen molar-refractivity contribution in [2.45, 2.75) is 44.5 Å². The summed E-state index contributed by atoms with van der Waals surface area (Å²) in [6.07, 6.45) is 2.09. The number of nitrogens with zero attached hydrogens (tertiary/aromatic N) is 1. The summed E-state index contributed by atoms with van der Waals surface area (Å²) in [4.78, 5) is 13.6. The molecule has 0 aromatic heterocycles. The Bertz CT molecular complexity index is 509. The van der Waals surface area contributed by atoms with E-state index in [1.165, 1.54) is 6.26 Å². The van der Waals surface area contributed by atoms with E-state index in [0.717, 1.165) is 11.1 Å². The van der Waals surface area contributed by atoms with Crippen molar-refractivity contribution in [1.29, 1.82) is 0 Å². The maximum atomic E-state index is 11.9. The van der Waals surface area contributed by atoms with E-state index in [4.69, 9.17) is 4.74 Å². The second-order valence-corrected chi connectivity index (χ2v) is 8.73. The lowest BCUT2D eigenvalue weighted by molar-refractivity contribution is 0.0296.